The minimum Gasteiger partial charge on any atom is -0.324 e. The number of likely N-dealkylation sites (N-methyl/N-ethyl adjacent to an activating group) is 1. The normalized spacial score (nSPS) is 10.1. The highest BCUT2D eigenvalue weighted by atomic mass is 16.2. The summed E-state index contributed by atoms with van der Waals surface area (Å²) in [5.74, 6) is 0.0612. The van der Waals surface area contributed by atoms with Crippen molar-refractivity contribution in [3.63, 3.8) is 0 Å². The molecule has 18 heavy (non-hydrogen) atoms. The molecule has 1 aromatic carbocycles. The second-order valence-corrected chi connectivity index (χ2v) is 4.28. The van der Waals surface area contributed by atoms with Gasteiger partial charge in [-0.25, -0.2) is 0 Å². The standard InChI is InChI=1S/C14H22N2O.N/c1-5-16(6-2)10-13(17)15-14-11(3)8-7-9-12(14)4;/h7-9H,5-6,10H2,1-4H3,(H,15,17);. The Balaban J connectivity index is 0.00000289. The van der Waals surface area contributed by atoms with E-state index in [1.54, 1.807) is 0 Å². The van der Waals surface area contributed by atoms with Crippen LogP contribution in [0.15, 0.2) is 18.2 Å². The Labute approximate surface area is 110 Å². The number of para-hydroxylation sites is 1. The second kappa shape index (κ2) is 7.84. The fourth-order valence-corrected chi connectivity index (χ4v) is 1.84. The smallest absolute Gasteiger partial charge is 0.238 e. The van der Waals surface area contributed by atoms with E-state index in [0.29, 0.717) is 6.54 Å². The Morgan fingerprint density at radius 1 is 1.17 bits per heavy atom. The average molecular weight is 248 g/mol. The van der Waals surface area contributed by atoms with Crippen molar-refractivity contribution in [3.05, 3.63) is 29.3 Å². The van der Waals surface area contributed by atoms with Crippen molar-refractivity contribution in [2.24, 2.45) is 0 Å². The molecular weight excluding hydrogens is 226 g/mol. The molecule has 99 valence electrons. The van der Waals surface area contributed by atoms with Crippen LogP contribution in [0.1, 0.15) is 25.0 Å². The summed E-state index contributed by atoms with van der Waals surface area (Å²) in [4.78, 5) is 14.0. The first kappa shape index (κ1) is 16.6. The lowest BCUT2D eigenvalue weighted by molar-refractivity contribution is -0.117. The first-order valence-electron chi connectivity index (χ1n) is 6.16. The van der Waals surface area contributed by atoms with Gasteiger partial charge in [0.25, 0.3) is 0 Å². The van der Waals surface area contributed by atoms with Crippen LogP contribution in [0.25, 0.3) is 0 Å². The molecule has 0 saturated carbocycles. The number of amides is 1. The van der Waals surface area contributed by atoms with Gasteiger partial charge >= 0.3 is 0 Å². The van der Waals surface area contributed by atoms with E-state index in [4.69, 9.17) is 0 Å². The molecule has 0 aliphatic heterocycles. The zero-order valence-electron chi connectivity index (χ0n) is 11.7. The van der Waals surface area contributed by atoms with E-state index in [9.17, 15) is 4.79 Å². The van der Waals surface area contributed by atoms with Gasteiger partial charge < -0.3 is 5.32 Å². The van der Waals surface area contributed by atoms with E-state index < -0.39 is 0 Å². The number of hydrogen-bond donors (Lipinski definition) is 1. The summed E-state index contributed by atoms with van der Waals surface area (Å²) in [5.41, 5.74) is 3.17. The van der Waals surface area contributed by atoms with Crippen molar-refractivity contribution in [1.29, 1.82) is 0 Å². The van der Waals surface area contributed by atoms with Gasteiger partial charge in [-0.3, -0.25) is 9.69 Å². The lowest BCUT2D eigenvalue weighted by atomic mass is 10.1. The van der Waals surface area contributed by atoms with E-state index in [1.165, 1.54) is 0 Å². The van der Waals surface area contributed by atoms with Crippen LogP contribution in [-0.2, 0) is 4.79 Å². The number of nitrogens with zero attached hydrogens (tertiary/aromatic N) is 2. The molecule has 1 amide bonds. The molecule has 0 aliphatic carbocycles. The van der Waals surface area contributed by atoms with E-state index in [1.807, 2.05) is 32.0 Å². The van der Waals surface area contributed by atoms with Crippen molar-refractivity contribution in [1.82, 2.24) is 11.1 Å². The molecule has 0 heterocycles. The van der Waals surface area contributed by atoms with Gasteiger partial charge in [0.2, 0.25) is 5.91 Å². The number of carbonyl (C=O) groups excluding carboxylic acids is 1. The highest BCUT2D eigenvalue weighted by molar-refractivity contribution is 5.93. The Morgan fingerprint density at radius 3 is 2.11 bits per heavy atom. The fourth-order valence-electron chi connectivity index (χ4n) is 1.84. The van der Waals surface area contributed by atoms with Crippen molar-refractivity contribution >= 4 is 11.6 Å². The summed E-state index contributed by atoms with van der Waals surface area (Å²) in [6, 6.07) is 6.03. The summed E-state index contributed by atoms with van der Waals surface area (Å²) < 4.78 is 0. The molecule has 1 N–H and O–H groups in total. The van der Waals surface area contributed by atoms with Gasteiger partial charge in [0, 0.05) is 11.8 Å². The molecule has 0 saturated heterocycles. The van der Waals surface area contributed by atoms with E-state index in [0.717, 1.165) is 29.9 Å². The molecule has 4 nitrogen and oxygen atoms in total. The molecule has 0 aromatic heterocycles. The highest BCUT2D eigenvalue weighted by Crippen LogP contribution is 2.19. The summed E-state index contributed by atoms with van der Waals surface area (Å²) in [7, 11) is 0. The van der Waals surface area contributed by atoms with Crippen molar-refractivity contribution < 1.29 is 4.79 Å². The first-order valence-corrected chi connectivity index (χ1v) is 6.16. The number of carbonyl (C=O) groups is 1. The SMILES string of the molecule is CCN(CC)CC(=O)Nc1c(C)cccc1C.[N]. The number of anilines is 1. The molecule has 1 aromatic rings. The number of aryl methyl sites for hydroxylation is 2. The fraction of sp³-hybridized carbons (Fsp3) is 0.500. The molecule has 0 unspecified atom stereocenters. The van der Waals surface area contributed by atoms with Gasteiger partial charge in [-0.05, 0) is 38.1 Å². The van der Waals surface area contributed by atoms with Gasteiger partial charge in [0.15, 0.2) is 0 Å². The number of hydrogen-bond acceptors (Lipinski definition) is 2. The Morgan fingerprint density at radius 2 is 1.67 bits per heavy atom. The van der Waals surface area contributed by atoms with Gasteiger partial charge in [0.1, 0.15) is 0 Å². The Hall–Kier alpha value is -1.39. The molecule has 0 spiro atoms. The average Bonchev–Trinajstić information content (AvgIpc) is 2.31. The molecule has 0 aliphatic rings. The third-order valence-corrected chi connectivity index (χ3v) is 3.01. The summed E-state index contributed by atoms with van der Waals surface area (Å²) in [6.45, 7) is 10.4. The summed E-state index contributed by atoms with van der Waals surface area (Å²) >= 11 is 0. The van der Waals surface area contributed by atoms with Crippen molar-refractivity contribution in [2.75, 3.05) is 25.0 Å². The topological polar surface area (TPSA) is 62.8 Å². The minimum atomic E-state index is 0. The third-order valence-electron chi connectivity index (χ3n) is 3.01. The number of rotatable bonds is 5. The van der Waals surface area contributed by atoms with Gasteiger partial charge in [-0.2, -0.15) is 0 Å². The molecule has 0 atom stereocenters. The minimum absolute atomic E-state index is 0. The molecule has 0 fully saturated rings. The zero-order chi connectivity index (χ0) is 12.8. The van der Waals surface area contributed by atoms with Crippen LogP contribution < -0.4 is 11.5 Å². The van der Waals surface area contributed by atoms with Crippen molar-refractivity contribution in [2.45, 2.75) is 27.7 Å². The van der Waals surface area contributed by atoms with Gasteiger partial charge in [-0.15, -0.1) is 0 Å². The van der Waals surface area contributed by atoms with E-state index >= 15 is 0 Å². The summed E-state index contributed by atoms with van der Waals surface area (Å²) in [5, 5.41) is 3.00. The zero-order valence-corrected chi connectivity index (χ0v) is 11.7. The van der Waals surface area contributed by atoms with E-state index in [-0.39, 0.29) is 12.1 Å². The van der Waals surface area contributed by atoms with Gasteiger partial charge in [0.05, 0.1) is 6.54 Å². The molecular formula is C14H22N3O. The molecule has 3 radical (unpaired) electrons. The second-order valence-electron chi connectivity index (χ2n) is 4.28. The maximum atomic E-state index is 11.9. The van der Waals surface area contributed by atoms with Crippen LogP contribution >= 0.6 is 0 Å². The Bertz CT molecular complexity index is 366. The van der Waals surface area contributed by atoms with Crippen LogP contribution in [0, 0.1) is 13.8 Å². The summed E-state index contributed by atoms with van der Waals surface area (Å²) in [6.07, 6.45) is 0. The lowest BCUT2D eigenvalue weighted by Crippen LogP contribution is -2.33. The van der Waals surface area contributed by atoms with E-state index in [2.05, 4.69) is 24.1 Å². The van der Waals surface area contributed by atoms with Crippen LogP contribution in [0.4, 0.5) is 5.69 Å². The molecule has 1 rings (SSSR count). The van der Waals surface area contributed by atoms with Crippen LogP contribution in [-0.4, -0.2) is 30.4 Å². The highest BCUT2D eigenvalue weighted by Gasteiger charge is 2.09. The third kappa shape index (κ3) is 4.47. The van der Waals surface area contributed by atoms with Gasteiger partial charge in [-0.1, -0.05) is 32.0 Å². The maximum absolute atomic E-state index is 11.9. The first-order chi connectivity index (χ1) is 8.08. The van der Waals surface area contributed by atoms with Crippen LogP contribution in [0.5, 0.6) is 0 Å². The predicted molar refractivity (Wildman–Crippen MR) is 74.5 cm³/mol. The largest absolute Gasteiger partial charge is 0.324 e. The number of benzene rings is 1. The monoisotopic (exact) mass is 248 g/mol. The molecule has 4 heteroatoms. The quantitative estimate of drug-likeness (QED) is 0.867. The van der Waals surface area contributed by atoms with Crippen LogP contribution in [0.3, 0.4) is 0 Å². The predicted octanol–water partition coefficient (Wildman–Crippen LogP) is 2.10. The van der Waals surface area contributed by atoms with Crippen LogP contribution in [0.2, 0.25) is 0 Å². The number of nitrogens with one attached hydrogen (secondary N) is 1. The lowest BCUT2D eigenvalue weighted by Gasteiger charge is -2.18. The Kier molecular flexibility index (Phi) is 7.24. The maximum Gasteiger partial charge on any atom is 0.238 e. The van der Waals surface area contributed by atoms with Crippen molar-refractivity contribution in [3.8, 4) is 0 Å². The molecule has 0 bridgehead atoms.